The Kier molecular flexibility index (Phi) is 5.84. The number of methoxy groups -OCH3 is 1. The van der Waals surface area contributed by atoms with Gasteiger partial charge >= 0.3 is 0 Å². The number of likely N-dealkylation sites (tertiary alicyclic amines) is 1. The summed E-state index contributed by atoms with van der Waals surface area (Å²) in [4.78, 5) is 27.5. The van der Waals surface area contributed by atoms with Gasteiger partial charge in [-0.3, -0.25) is 9.59 Å². The number of nitrogens with zero attached hydrogens (tertiary/aromatic N) is 1. The SMILES string of the molecule is CCCCN1C(=O)C(=O)/C(=C(\O)c2cccc(OC)c2)C1c1ccc2c(c1)OCCO2. The molecule has 0 radical (unpaired) electrons. The highest BCUT2D eigenvalue weighted by Crippen LogP contribution is 2.42. The standard InChI is InChI=1S/C24H25NO6/c1-3-4-10-25-21(15-8-9-18-19(14-15)31-12-11-30-18)20(23(27)24(25)28)22(26)16-6-5-7-17(13-16)29-2/h5-9,13-14,21,26H,3-4,10-12H2,1-2H3/b22-20-. The molecule has 0 saturated carbocycles. The van der Waals surface area contributed by atoms with Crippen LogP contribution in [0.1, 0.15) is 36.9 Å². The van der Waals surface area contributed by atoms with Gasteiger partial charge in [0, 0.05) is 12.1 Å². The molecule has 4 rings (SSSR count). The van der Waals surface area contributed by atoms with Crippen molar-refractivity contribution < 1.29 is 28.9 Å². The van der Waals surface area contributed by atoms with E-state index in [-0.39, 0.29) is 11.3 Å². The van der Waals surface area contributed by atoms with Crippen molar-refractivity contribution in [2.75, 3.05) is 26.9 Å². The first kappa shape index (κ1) is 20.8. The topological polar surface area (TPSA) is 85.3 Å². The molecule has 31 heavy (non-hydrogen) atoms. The van der Waals surface area contributed by atoms with E-state index in [2.05, 4.69) is 0 Å². The van der Waals surface area contributed by atoms with E-state index in [1.54, 1.807) is 36.4 Å². The second kappa shape index (κ2) is 8.71. The van der Waals surface area contributed by atoms with Gasteiger partial charge in [-0.15, -0.1) is 0 Å². The van der Waals surface area contributed by atoms with Crippen molar-refractivity contribution in [3.63, 3.8) is 0 Å². The molecule has 1 fully saturated rings. The predicted molar refractivity (Wildman–Crippen MR) is 114 cm³/mol. The second-order valence-electron chi connectivity index (χ2n) is 7.48. The number of Topliss-reactive ketones (excluding diaryl/α,β-unsaturated/α-hetero) is 1. The molecule has 0 aliphatic carbocycles. The molecule has 1 amide bonds. The highest BCUT2D eigenvalue weighted by atomic mass is 16.6. The molecule has 2 heterocycles. The second-order valence-corrected chi connectivity index (χ2v) is 7.48. The van der Waals surface area contributed by atoms with Crippen LogP contribution in [0.25, 0.3) is 5.76 Å². The Hall–Kier alpha value is -3.48. The number of benzene rings is 2. The normalized spacial score (nSPS) is 19.5. The van der Waals surface area contributed by atoms with Crippen molar-refractivity contribution in [2.24, 2.45) is 0 Å². The van der Waals surface area contributed by atoms with E-state index in [4.69, 9.17) is 14.2 Å². The molecule has 7 nitrogen and oxygen atoms in total. The maximum absolute atomic E-state index is 13.0. The monoisotopic (exact) mass is 423 g/mol. The third-order valence-corrected chi connectivity index (χ3v) is 5.52. The molecule has 1 atom stereocenters. The Labute approximate surface area is 180 Å². The first-order valence-electron chi connectivity index (χ1n) is 10.4. The summed E-state index contributed by atoms with van der Waals surface area (Å²) in [6.07, 6.45) is 1.61. The molecule has 0 aromatic heterocycles. The van der Waals surface area contributed by atoms with Gasteiger partial charge < -0.3 is 24.2 Å². The Bertz CT molecular complexity index is 1040. The minimum atomic E-state index is -0.714. The average molecular weight is 423 g/mol. The Morgan fingerprint density at radius 1 is 1.13 bits per heavy atom. The van der Waals surface area contributed by atoms with Crippen LogP contribution < -0.4 is 14.2 Å². The zero-order valence-corrected chi connectivity index (χ0v) is 17.6. The number of hydrogen-bond acceptors (Lipinski definition) is 6. The summed E-state index contributed by atoms with van der Waals surface area (Å²) in [5.74, 6) is 0.185. The molecule has 1 unspecified atom stereocenters. The number of rotatable bonds is 6. The summed E-state index contributed by atoms with van der Waals surface area (Å²) in [5, 5.41) is 11.1. The first-order chi connectivity index (χ1) is 15.0. The van der Waals surface area contributed by atoms with E-state index in [9.17, 15) is 14.7 Å². The number of carbonyl (C=O) groups excluding carboxylic acids is 2. The van der Waals surface area contributed by atoms with E-state index in [1.807, 2.05) is 13.0 Å². The molecule has 7 heteroatoms. The van der Waals surface area contributed by atoms with Gasteiger partial charge in [-0.2, -0.15) is 0 Å². The van der Waals surface area contributed by atoms with Gasteiger partial charge in [-0.05, 0) is 36.2 Å². The zero-order chi connectivity index (χ0) is 22.0. The summed E-state index contributed by atoms with van der Waals surface area (Å²) >= 11 is 0. The fourth-order valence-electron chi connectivity index (χ4n) is 3.94. The lowest BCUT2D eigenvalue weighted by Gasteiger charge is -2.27. The molecule has 2 aromatic carbocycles. The van der Waals surface area contributed by atoms with Gasteiger partial charge in [0.15, 0.2) is 11.5 Å². The Morgan fingerprint density at radius 3 is 2.65 bits per heavy atom. The van der Waals surface area contributed by atoms with Crippen molar-refractivity contribution in [2.45, 2.75) is 25.8 Å². The molecular formula is C24H25NO6. The maximum atomic E-state index is 13.0. The van der Waals surface area contributed by atoms with Crippen LogP contribution in [-0.2, 0) is 9.59 Å². The molecule has 2 aromatic rings. The minimum Gasteiger partial charge on any atom is -0.507 e. The van der Waals surface area contributed by atoms with Gasteiger partial charge in [-0.1, -0.05) is 31.5 Å². The van der Waals surface area contributed by atoms with E-state index in [0.29, 0.717) is 48.1 Å². The van der Waals surface area contributed by atoms with Crippen LogP contribution in [0.2, 0.25) is 0 Å². The van der Waals surface area contributed by atoms with Gasteiger partial charge in [0.05, 0.1) is 18.7 Å². The summed E-state index contributed by atoms with van der Waals surface area (Å²) in [5.41, 5.74) is 1.16. The minimum absolute atomic E-state index is 0.0611. The third kappa shape index (κ3) is 3.83. The number of amides is 1. The van der Waals surface area contributed by atoms with E-state index < -0.39 is 17.7 Å². The van der Waals surface area contributed by atoms with Crippen molar-refractivity contribution in [3.8, 4) is 17.2 Å². The molecule has 0 spiro atoms. The number of aliphatic hydroxyl groups excluding tert-OH is 1. The molecule has 0 bridgehead atoms. The van der Waals surface area contributed by atoms with Crippen molar-refractivity contribution in [3.05, 3.63) is 59.2 Å². The lowest BCUT2D eigenvalue weighted by Crippen LogP contribution is -2.30. The van der Waals surface area contributed by atoms with Gasteiger partial charge in [0.1, 0.15) is 24.7 Å². The van der Waals surface area contributed by atoms with E-state index >= 15 is 0 Å². The largest absolute Gasteiger partial charge is 0.507 e. The number of aliphatic hydroxyl groups is 1. The summed E-state index contributed by atoms with van der Waals surface area (Å²) in [6, 6.07) is 11.4. The quantitative estimate of drug-likeness (QED) is 0.433. The summed E-state index contributed by atoms with van der Waals surface area (Å²) in [7, 11) is 1.53. The molecule has 1 saturated heterocycles. The predicted octanol–water partition coefficient (Wildman–Crippen LogP) is 3.69. The Balaban J connectivity index is 1.85. The van der Waals surface area contributed by atoms with Gasteiger partial charge in [0.2, 0.25) is 0 Å². The van der Waals surface area contributed by atoms with Gasteiger partial charge in [-0.25, -0.2) is 0 Å². The van der Waals surface area contributed by atoms with Gasteiger partial charge in [0.25, 0.3) is 11.7 Å². The number of carbonyl (C=O) groups is 2. The van der Waals surface area contributed by atoms with Crippen LogP contribution in [-0.4, -0.2) is 48.6 Å². The number of fused-ring (bicyclic) bond motifs is 1. The van der Waals surface area contributed by atoms with Crippen molar-refractivity contribution in [1.82, 2.24) is 4.90 Å². The zero-order valence-electron chi connectivity index (χ0n) is 17.6. The van der Waals surface area contributed by atoms with Crippen LogP contribution in [0.5, 0.6) is 17.2 Å². The molecule has 162 valence electrons. The molecule has 2 aliphatic rings. The van der Waals surface area contributed by atoms with Crippen LogP contribution in [0, 0.1) is 0 Å². The highest BCUT2D eigenvalue weighted by Gasteiger charge is 2.46. The smallest absolute Gasteiger partial charge is 0.295 e. The Morgan fingerprint density at radius 2 is 1.90 bits per heavy atom. The van der Waals surface area contributed by atoms with Crippen LogP contribution in [0.4, 0.5) is 0 Å². The van der Waals surface area contributed by atoms with E-state index in [0.717, 1.165) is 12.8 Å². The summed E-state index contributed by atoms with van der Waals surface area (Å²) in [6.45, 7) is 3.33. The highest BCUT2D eigenvalue weighted by molar-refractivity contribution is 6.46. The van der Waals surface area contributed by atoms with Crippen LogP contribution in [0.3, 0.4) is 0 Å². The number of hydrogen-bond donors (Lipinski definition) is 1. The van der Waals surface area contributed by atoms with Crippen LogP contribution >= 0.6 is 0 Å². The number of ether oxygens (including phenoxy) is 3. The van der Waals surface area contributed by atoms with Crippen LogP contribution in [0.15, 0.2) is 48.0 Å². The maximum Gasteiger partial charge on any atom is 0.295 e. The fourth-order valence-corrected chi connectivity index (χ4v) is 3.94. The number of ketones is 1. The van der Waals surface area contributed by atoms with Crippen molar-refractivity contribution >= 4 is 17.4 Å². The molecule has 1 N–H and O–H groups in total. The molecule has 2 aliphatic heterocycles. The molecular weight excluding hydrogens is 398 g/mol. The average Bonchev–Trinajstić information content (AvgIpc) is 3.06. The lowest BCUT2D eigenvalue weighted by atomic mass is 9.94. The van der Waals surface area contributed by atoms with E-state index in [1.165, 1.54) is 12.0 Å². The third-order valence-electron chi connectivity index (χ3n) is 5.52. The fraction of sp³-hybridized carbons (Fsp3) is 0.333. The lowest BCUT2D eigenvalue weighted by molar-refractivity contribution is -0.139. The summed E-state index contributed by atoms with van der Waals surface area (Å²) < 4.78 is 16.5. The first-order valence-corrected chi connectivity index (χ1v) is 10.4. The number of unbranched alkanes of at least 4 members (excludes halogenated alkanes) is 1. The van der Waals surface area contributed by atoms with Crippen molar-refractivity contribution in [1.29, 1.82) is 0 Å².